The third-order valence-corrected chi connectivity index (χ3v) is 1.98. The highest BCUT2D eigenvalue weighted by Gasteiger charge is 2.02. The van der Waals surface area contributed by atoms with Gasteiger partial charge in [-0.05, 0) is 38.8 Å². The Morgan fingerprint density at radius 3 is 2.58 bits per heavy atom. The van der Waals surface area contributed by atoms with Gasteiger partial charge >= 0.3 is 0 Å². The van der Waals surface area contributed by atoms with Crippen LogP contribution in [0.1, 0.15) is 30.3 Å². The summed E-state index contributed by atoms with van der Waals surface area (Å²) >= 11 is 0. The zero-order valence-corrected chi connectivity index (χ0v) is 7.90. The number of aromatic nitrogens is 1. The molecule has 0 saturated heterocycles. The molecule has 2 nitrogen and oxygen atoms in total. The lowest BCUT2D eigenvalue weighted by atomic mass is 10.1. The Morgan fingerprint density at radius 1 is 1.50 bits per heavy atom. The predicted molar refractivity (Wildman–Crippen MR) is 49.3 cm³/mol. The van der Waals surface area contributed by atoms with Crippen LogP contribution in [0.5, 0.6) is 0 Å². The number of carbonyl (C=O) groups is 1. The molecule has 1 rings (SSSR count). The molecule has 0 aliphatic rings. The van der Waals surface area contributed by atoms with Crippen molar-refractivity contribution >= 4 is 5.78 Å². The Hall–Kier alpha value is -1.05. The van der Waals surface area contributed by atoms with E-state index in [9.17, 15) is 4.79 Å². The lowest BCUT2D eigenvalue weighted by Gasteiger charge is -1.96. The van der Waals surface area contributed by atoms with Crippen molar-refractivity contribution in [3.05, 3.63) is 23.0 Å². The van der Waals surface area contributed by atoms with Gasteiger partial charge in [0.1, 0.15) is 5.78 Å². The molecule has 0 amide bonds. The van der Waals surface area contributed by atoms with Crippen LogP contribution in [-0.2, 0) is 11.2 Å². The molecule has 66 valence electrons. The van der Waals surface area contributed by atoms with E-state index in [2.05, 4.69) is 18.0 Å². The molecular formula is C10H15NO. The summed E-state index contributed by atoms with van der Waals surface area (Å²) < 4.78 is 0. The van der Waals surface area contributed by atoms with E-state index in [1.165, 1.54) is 17.0 Å². The summed E-state index contributed by atoms with van der Waals surface area (Å²) in [6.45, 7) is 5.73. The topological polar surface area (TPSA) is 32.9 Å². The third-order valence-electron chi connectivity index (χ3n) is 1.98. The van der Waals surface area contributed by atoms with Gasteiger partial charge < -0.3 is 9.78 Å². The monoisotopic (exact) mass is 165 g/mol. The number of ketones is 1. The van der Waals surface area contributed by atoms with Crippen molar-refractivity contribution < 1.29 is 4.79 Å². The molecule has 0 radical (unpaired) electrons. The first-order valence-corrected chi connectivity index (χ1v) is 4.24. The summed E-state index contributed by atoms with van der Waals surface area (Å²) in [6, 6.07) is 2.11. The number of Topliss-reactive ketones (excluding diaryl/α,β-unsaturated/α-hetero) is 1. The molecule has 1 aromatic heterocycles. The molecule has 1 aromatic rings. The molecule has 0 saturated carbocycles. The number of carbonyl (C=O) groups excluding carboxylic acids is 1. The lowest BCUT2D eigenvalue weighted by Crippen LogP contribution is -1.95. The highest BCUT2D eigenvalue weighted by atomic mass is 16.1. The zero-order valence-electron chi connectivity index (χ0n) is 7.90. The smallest absolute Gasteiger partial charge is 0.130 e. The minimum Gasteiger partial charge on any atom is -0.362 e. The maximum atomic E-state index is 10.7. The Kier molecular flexibility index (Phi) is 2.69. The number of aryl methyl sites for hydroxylation is 3. The van der Waals surface area contributed by atoms with E-state index in [-0.39, 0.29) is 5.78 Å². The number of H-pyrrole nitrogens is 1. The second-order valence-electron chi connectivity index (χ2n) is 3.32. The van der Waals surface area contributed by atoms with Gasteiger partial charge in [0.15, 0.2) is 0 Å². The number of rotatable bonds is 3. The first-order valence-electron chi connectivity index (χ1n) is 4.24. The van der Waals surface area contributed by atoms with Gasteiger partial charge in [-0.1, -0.05) is 0 Å². The van der Waals surface area contributed by atoms with Crippen molar-refractivity contribution in [2.45, 2.75) is 33.6 Å². The summed E-state index contributed by atoms with van der Waals surface area (Å²) in [7, 11) is 0. The van der Waals surface area contributed by atoms with Crippen molar-refractivity contribution in [1.82, 2.24) is 4.98 Å². The lowest BCUT2D eigenvalue weighted by molar-refractivity contribution is -0.116. The normalized spacial score (nSPS) is 10.2. The molecular weight excluding hydrogens is 150 g/mol. The number of aromatic amines is 1. The van der Waals surface area contributed by atoms with Crippen LogP contribution in [0.4, 0.5) is 0 Å². The van der Waals surface area contributed by atoms with Crippen LogP contribution >= 0.6 is 0 Å². The molecule has 1 heterocycles. The fourth-order valence-electron chi connectivity index (χ4n) is 1.35. The van der Waals surface area contributed by atoms with Crippen molar-refractivity contribution in [3.63, 3.8) is 0 Å². The Labute approximate surface area is 73.0 Å². The predicted octanol–water partition coefficient (Wildman–Crippen LogP) is 2.15. The van der Waals surface area contributed by atoms with E-state index in [0.717, 1.165) is 6.42 Å². The van der Waals surface area contributed by atoms with E-state index in [1.54, 1.807) is 6.92 Å². The van der Waals surface area contributed by atoms with Crippen LogP contribution in [0.3, 0.4) is 0 Å². The molecule has 1 N–H and O–H groups in total. The second-order valence-corrected chi connectivity index (χ2v) is 3.32. The molecule has 12 heavy (non-hydrogen) atoms. The van der Waals surface area contributed by atoms with Gasteiger partial charge in [0.05, 0.1) is 0 Å². The SMILES string of the molecule is CC(=O)CCc1[nH]c(C)cc1C. The summed E-state index contributed by atoms with van der Waals surface area (Å²) in [5.41, 5.74) is 3.63. The minimum absolute atomic E-state index is 0.252. The zero-order chi connectivity index (χ0) is 9.14. The van der Waals surface area contributed by atoms with E-state index < -0.39 is 0 Å². The summed E-state index contributed by atoms with van der Waals surface area (Å²) in [5.74, 6) is 0.252. The Bertz CT molecular complexity index is 286. The largest absolute Gasteiger partial charge is 0.362 e. The Morgan fingerprint density at radius 2 is 2.17 bits per heavy atom. The first-order chi connectivity index (χ1) is 5.59. The van der Waals surface area contributed by atoms with Crippen LogP contribution in [-0.4, -0.2) is 10.8 Å². The van der Waals surface area contributed by atoms with E-state index in [4.69, 9.17) is 0 Å². The molecule has 0 unspecified atom stereocenters. The van der Waals surface area contributed by atoms with Crippen molar-refractivity contribution in [1.29, 1.82) is 0 Å². The molecule has 2 heteroatoms. The summed E-state index contributed by atoms with van der Waals surface area (Å²) in [6.07, 6.45) is 1.48. The van der Waals surface area contributed by atoms with Crippen LogP contribution in [0.15, 0.2) is 6.07 Å². The van der Waals surface area contributed by atoms with E-state index >= 15 is 0 Å². The van der Waals surface area contributed by atoms with Gasteiger partial charge in [0.2, 0.25) is 0 Å². The molecule has 0 aliphatic heterocycles. The quantitative estimate of drug-likeness (QED) is 0.731. The molecule has 0 aromatic carbocycles. The van der Waals surface area contributed by atoms with Gasteiger partial charge in [-0.2, -0.15) is 0 Å². The highest BCUT2D eigenvalue weighted by Crippen LogP contribution is 2.10. The van der Waals surface area contributed by atoms with Crippen LogP contribution in [0, 0.1) is 13.8 Å². The van der Waals surface area contributed by atoms with Gasteiger partial charge in [0, 0.05) is 17.8 Å². The fraction of sp³-hybridized carbons (Fsp3) is 0.500. The van der Waals surface area contributed by atoms with E-state index in [0.29, 0.717) is 6.42 Å². The number of hydrogen-bond acceptors (Lipinski definition) is 1. The number of nitrogens with one attached hydrogen (secondary N) is 1. The molecule has 0 bridgehead atoms. The highest BCUT2D eigenvalue weighted by molar-refractivity contribution is 5.75. The van der Waals surface area contributed by atoms with Gasteiger partial charge in [-0.3, -0.25) is 0 Å². The maximum absolute atomic E-state index is 10.7. The van der Waals surface area contributed by atoms with Gasteiger partial charge in [0.25, 0.3) is 0 Å². The summed E-state index contributed by atoms with van der Waals surface area (Å²) in [4.78, 5) is 14.0. The second kappa shape index (κ2) is 3.57. The molecule has 0 fully saturated rings. The molecule has 0 aliphatic carbocycles. The van der Waals surface area contributed by atoms with Crippen molar-refractivity contribution in [3.8, 4) is 0 Å². The average Bonchev–Trinajstić information content (AvgIpc) is 2.26. The van der Waals surface area contributed by atoms with Crippen LogP contribution < -0.4 is 0 Å². The average molecular weight is 165 g/mol. The van der Waals surface area contributed by atoms with Crippen LogP contribution in [0.25, 0.3) is 0 Å². The van der Waals surface area contributed by atoms with Gasteiger partial charge in [-0.25, -0.2) is 0 Å². The van der Waals surface area contributed by atoms with E-state index in [1.807, 2.05) is 6.92 Å². The maximum Gasteiger partial charge on any atom is 0.130 e. The summed E-state index contributed by atoms with van der Waals surface area (Å²) in [5, 5.41) is 0. The number of hydrogen-bond donors (Lipinski definition) is 1. The first kappa shape index (κ1) is 9.04. The van der Waals surface area contributed by atoms with Crippen molar-refractivity contribution in [2.75, 3.05) is 0 Å². The molecule has 0 spiro atoms. The fourth-order valence-corrected chi connectivity index (χ4v) is 1.35. The Balaban J connectivity index is 2.62. The van der Waals surface area contributed by atoms with Gasteiger partial charge in [-0.15, -0.1) is 0 Å². The molecule has 0 atom stereocenters. The van der Waals surface area contributed by atoms with Crippen molar-refractivity contribution in [2.24, 2.45) is 0 Å². The van der Waals surface area contributed by atoms with Crippen LogP contribution in [0.2, 0.25) is 0 Å². The minimum atomic E-state index is 0.252. The standard InChI is InChI=1S/C10H15NO/c1-7-6-8(2)11-10(7)5-4-9(3)12/h6,11H,4-5H2,1-3H3. The third kappa shape index (κ3) is 2.22.